The number of hydrogen-bond acceptors (Lipinski definition) is 3. The summed E-state index contributed by atoms with van der Waals surface area (Å²) in [7, 11) is 0. The molecule has 2 N–H and O–H groups in total. The van der Waals surface area contributed by atoms with Gasteiger partial charge in [-0.05, 0) is 11.4 Å². The lowest BCUT2D eigenvalue weighted by atomic mass is 9.92. The summed E-state index contributed by atoms with van der Waals surface area (Å²) >= 11 is 1.71. The Kier molecular flexibility index (Phi) is 1.71. The normalized spacial score (nSPS) is 21.2. The van der Waals surface area contributed by atoms with Crippen LogP contribution in [0.25, 0.3) is 0 Å². The van der Waals surface area contributed by atoms with Crippen LogP contribution in [0.15, 0.2) is 17.5 Å². The van der Waals surface area contributed by atoms with Gasteiger partial charge in [-0.3, -0.25) is 0 Å². The lowest BCUT2D eigenvalue weighted by Crippen LogP contribution is -2.60. The van der Waals surface area contributed by atoms with Gasteiger partial charge in [-0.2, -0.15) is 0 Å². The molecule has 2 rings (SSSR count). The van der Waals surface area contributed by atoms with Crippen LogP contribution < -0.4 is 5.32 Å². The van der Waals surface area contributed by atoms with Gasteiger partial charge in [0.1, 0.15) is 0 Å². The van der Waals surface area contributed by atoms with Gasteiger partial charge in [0.15, 0.2) is 0 Å². The van der Waals surface area contributed by atoms with E-state index in [0.29, 0.717) is 0 Å². The van der Waals surface area contributed by atoms with Crippen LogP contribution in [0.1, 0.15) is 4.88 Å². The third kappa shape index (κ3) is 1.45. The minimum Gasteiger partial charge on any atom is -0.387 e. The molecule has 1 aromatic rings. The Morgan fingerprint density at radius 2 is 2.45 bits per heavy atom. The Balaban J connectivity index is 2.00. The van der Waals surface area contributed by atoms with E-state index in [2.05, 4.69) is 11.4 Å². The minimum atomic E-state index is -0.454. The van der Waals surface area contributed by atoms with Crippen molar-refractivity contribution in [3.8, 4) is 0 Å². The first-order chi connectivity index (χ1) is 5.29. The highest BCUT2D eigenvalue weighted by Crippen LogP contribution is 2.20. The summed E-state index contributed by atoms with van der Waals surface area (Å²) in [6.07, 6.45) is 0.803. The average molecular weight is 169 g/mol. The van der Waals surface area contributed by atoms with E-state index in [1.807, 2.05) is 11.4 Å². The van der Waals surface area contributed by atoms with Crippen LogP contribution >= 0.6 is 11.3 Å². The average Bonchev–Trinajstić information content (AvgIpc) is 2.36. The number of β-amino-alcohol motifs (C(OH)–C–C–N with tert-alkyl or cyclic N) is 1. The van der Waals surface area contributed by atoms with E-state index in [0.717, 1.165) is 19.5 Å². The Hall–Kier alpha value is -0.380. The molecule has 3 heteroatoms. The fourth-order valence-corrected chi connectivity index (χ4v) is 2.12. The molecule has 0 spiro atoms. The van der Waals surface area contributed by atoms with E-state index in [1.54, 1.807) is 11.3 Å². The van der Waals surface area contributed by atoms with Crippen molar-refractivity contribution in [2.75, 3.05) is 13.1 Å². The van der Waals surface area contributed by atoms with Crippen LogP contribution in [-0.4, -0.2) is 23.8 Å². The fourth-order valence-electron chi connectivity index (χ4n) is 1.28. The number of nitrogens with one attached hydrogen (secondary N) is 1. The molecule has 0 saturated carbocycles. The maximum atomic E-state index is 9.73. The second kappa shape index (κ2) is 2.59. The molecule has 0 bridgehead atoms. The quantitative estimate of drug-likeness (QED) is 0.680. The van der Waals surface area contributed by atoms with Gasteiger partial charge in [-0.15, -0.1) is 11.3 Å². The van der Waals surface area contributed by atoms with Crippen molar-refractivity contribution < 1.29 is 5.11 Å². The molecule has 0 aliphatic carbocycles. The monoisotopic (exact) mass is 169 g/mol. The van der Waals surface area contributed by atoms with Crippen molar-refractivity contribution >= 4 is 11.3 Å². The predicted molar refractivity (Wildman–Crippen MR) is 45.8 cm³/mol. The second-order valence-electron chi connectivity index (χ2n) is 3.08. The third-order valence-corrected chi connectivity index (χ3v) is 2.87. The topological polar surface area (TPSA) is 32.3 Å². The van der Waals surface area contributed by atoms with Crippen molar-refractivity contribution in [3.63, 3.8) is 0 Å². The van der Waals surface area contributed by atoms with Crippen molar-refractivity contribution in [1.82, 2.24) is 5.32 Å². The van der Waals surface area contributed by atoms with E-state index in [-0.39, 0.29) is 0 Å². The van der Waals surface area contributed by atoms with E-state index < -0.39 is 5.60 Å². The van der Waals surface area contributed by atoms with Crippen LogP contribution in [-0.2, 0) is 6.42 Å². The molecule has 1 saturated heterocycles. The number of thiophene rings is 1. The summed E-state index contributed by atoms with van der Waals surface area (Å²) in [5.74, 6) is 0. The van der Waals surface area contributed by atoms with Gasteiger partial charge < -0.3 is 10.4 Å². The smallest absolute Gasteiger partial charge is 0.0943 e. The molecule has 0 aromatic carbocycles. The molecule has 11 heavy (non-hydrogen) atoms. The first-order valence-electron chi connectivity index (χ1n) is 3.74. The lowest BCUT2D eigenvalue weighted by molar-refractivity contribution is -0.00833. The summed E-state index contributed by atoms with van der Waals surface area (Å²) in [6.45, 7) is 1.48. The van der Waals surface area contributed by atoms with Gasteiger partial charge in [0.2, 0.25) is 0 Å². The summed E-state index contributed by atoms with van der Waals surface area (Å²) in [5.41, 5.74) is -0.454. The Morgan fingerprint density at radius 3 is 2.91 bits per heavy atom. The van der Waals surface area contributed by atoms with Gasteiger partial charge in [0.25, 0.3) is 0 Å². The summed E-state index contributed by atoms with van der Waals surface area (Å²) in [6, 6.07) is 4.09. The molecule has 60 valence electrons. The zero-order valence-corrected chi connectivity index (χ0v) is 7.03. The lowest BCUT2D eigenvalue weighted by Gasteiger charge is -2.37. The van der Waals surface area contributed by atoms with Gasteiger partial charge in [-0.25, -0.2) is 0 Å². The number of hydrogen-bond donors (Lipinski definition) is 2. The SMILES string of the molecule is OC1(Cc2cccs2)CNC1. The fraction of sp³-hybridized carbons (Fsp3) is 0.500. The molecular weight excluding hydrogens is 158 g/mol. The minimum absolute atomic E-state index is 0.454. The standard InChI is InChI=1S/C8H11NOS/c10-8(5-9-6-8)4-7-2-1-3-11-7/h1-3,9-10H,4-6H2. The van der Waals surface area contributed by atoms with Crippen LogP contribution in [0.5, 0.6) is 0 Å². The molecule has 0 unspecified atom stereocenters. The molecule has 2 nitrogen and oxygen atoms in total. The highest BCUT2D eigenvalue weighted by atomic mass is 32.1. The molecule has 1 aliphatic heterocycles. The molecule has 1 aliphatic rings. The summed E-state index contributed by atoms with van der Waals surface area (Å²) in [5, 5.41) is 14.8. The van der Waals surface area contributed by atoms with Crippen LogP contribution in [0.2, 0.25) is 0 Å². The highest BCUT2D eigenvalue weighted by Gasteiger charge is 2.34. The van der Waals surface area contributed by atoms with E-state index in [9.17, 15) is 5.11 Å². The first kappa shape index (κ1) is 7.28. The third-order valence-electron chi connectivity index (χ3n) is 1.99. The maximum Gasteiger partial charge on any atom is 0.0943 e. The summed E-state index contributed by atoms with van der Waals surface area (Å²) < 4.78 is 0. The molecule has 1 fully saturated rings. The van der Waals surface area contributed by atoms with Gasteiger partial charge in [0.05, 0.1) is 5.60 Å². The number of aliphatic hydroxyl groups is 1. The van der Waals surface area contributed by atoms with Crippen LogP contribution in [0.4, 0.5) is 0 Å². The van der Waals surface area contributed by atoms with Crippen molar-refractivity contribution in [2.24, 2.45) is 0 Å². The van der Waals surface area contributed by atoms with E-state index >= 15 is 0 Å². The first-order valence-corrected chi connectivity index (χ1v) is 4.62. The highest BCUT2D eigenvalue weighted by molar-refractivity contribution is 7.09. The van der Waals surface area contributed by atoms with Crippen LogP contribution in [0, 0.1) is 0 Å². The zero-order chi connectivity index (χ0) is 7.73. The second-order valence-corrected chi connectivity index (χ2v) is 4.12. The Labute approximate surface area is 69.9 Å². The molecule has 2 heterocycles. The predicted octanol–water partition coefficient (Wildman–Crippen LogP) is 0.625. The van der Waals surface area contributed by atoms with E-state index in [4.69, 9.17) is 0 Å². The van der Waals surface area contributed by atoms with Crippen molar-refractivity contribution in [1.29, 1.82) is 0 Å². The van der Waals surface area contributed by atoms with Crippen molar-refractivity contribution in [3.05, 3.63) is 22.4 Å². The van der Waals surface area contributed by atoms with E-state index in [1.165, 1.54) is 4.88 Å². The van der Waals surface area contributed by atoms with Gasteiger partial charge in [0, 0.05) is 24.4 Å². The maximum absolute atomic E-state index is 9.73. The molecule has 0 atom stereocenters. The van der Waals surface area contributed by atoms with Crippen molar-refractivity contribution in [2.45, 2.75) is 12.0 Å². The zero-order valence-electron chi connectivity index (χ0n) is 6.21. The Bertz CT molecular complexity index is 228. The molecular formula is C8H11NOS. The van der Waals surface area contributed by atoms with Gasteiger partial charge in [-0.1, -0.05) is 6.07 Å². The van der Waals surface area contributed by atoms with Crippen LogP contribution in [0.3, 0.4) is 0 Å². The summed E-state index contributed by atoms with van der Waals surface area (Å²) in [4.78, 5) is 1.27. The molecule has 1 aromatic heterocycles. The Morgan fingerprint density at radius 1 is 1.64 bits per heavy atom. The molecule has 0 amide bonds. The van der Waals surface area contributed by atoms with Gasteiger partial charge >= 0.3 is 0 Å². The molecule has 0 radical (unpaired) electrons. The largest absolute Gasteiger partial charge is 0.387 e. The number of rotatable bonds is 2.